The summed E-state index contributed by atoms with van der Waals surface area (Å²) in [7, 11) is 0. The van der Waals surface area contributed by atoms with Crippen molar-refractivity contribution in [3.8, 4) is 34.3 Å². The lowest BCUT2D eigenvalue weighted by Crippen LogP contribution is -2.09. The average molecular weight is 412 g/mol. The van der Waals surface area contributed by atoms with Crippen LogP contribution in [0.2, 0.25) is 0 Å². The molecule has 2 N–H and O–H groups in total. The van der Waals surface area contributed by atoms with Crippen molar-refractivity contribution in [1.82, 2.24) is 19.5 Å². The number of hydrogen-bond acceptors (Lipinski definition) is 6. The van der Waals surface area contributed by atoms with Gasteiger partial charge in [-0.15, -0.1) is 0 Å². The lowest BCUT2D eigenvalue weighted by Gasteiger charge is -2.19. The van der Waals surface area contributed by atoms with E-state index < -0.39 is 0 Å². The number of pyridine rings is 2. The van der Waals surface area contributed by atoms with Gasteiger partial charge in [0, 0.05) is 34.6 Å². The van der Waals surface area contributed by atoms with Crippen LogP contribution in [0.1, 0.15) is 22.4 Å². The number of benzene rings is 1. The summed E-state index contributed by atoms with van der Waals surface area (Å²) in [6, 6.07) is 10.4. The van der Waals surface area contributed by atoms with Gasteiger partial charge in [-0.2, -0.15) is 5.26 Å². The summed E-state index contributed by atoms with van der Waals surface area (Å²) in [5.74, 6) is 0.194. The van der Waals surface area contributed by atoms with Gasteiger partial charge in [0.25, 0.3) is 0 Å². The monoisotopic (exact) mass is 412 g/mol. The van der Waals surface area contributed by atoms with Crippen molar-refractivity contribution in [2.24, 2.45) is 0 Å². The van der Waals surface area contributed by atoms with E-state index >= 15 is 0 Å². The predicted octanol–water partition coefficient (Wildman–Crippen LogP) is 3.85. The third kappa shape index (κ3) is 3.16. The Labute approximate surface area is 177 Å². The Balaban J connectivity index is 1.82. The van der Waals surface area contributed by atoms with E-state index in [1.807, 2.05) is 17.6 Å². The van der Waals surface area contributed by atoms with Crippen LogP contribution >= 0.6 is 0 Å². The topological polar surface area (TPSA) is 103 Å². The molecule has 0 saturated carbocycles. The minimum Gasteiger partial charge on any atom is -0.485 e. The minimum absolute atomic E-state index is 0.0852. The van der Waals surface area contributed by atoms with Gasteiger partial charge in [0.2, 0.25) is 0 Å². The number of nitriles is 1. The Morgan fingerprint density at radius 1 is 1.19 bits per heavy atom. The number of nitrogens with two attached hydrogens (primary N) is 1. The molecule has 0 unspecified atom stereocenters. The SMILES string of the molecule is Cc1ccnc2c1Cn1cnc(C#N)c1-c1cnc(N)c(c1)OCc1cc(F)ccc1-2. The lowest BCUT2D eigenvalue weighted by molar-refractivity contribution is 0.307. The number of imidazole rings is 1. The summed E-state index contributed by atoms with van der Waals surface area (Å²) in [5.41, 5.74) is 11.7. The molecule has 2 bridgehead atoms. The fourth-order valence-electron chi connectivity index (χ4n) is 3.85. The second-order valence-electron chi connectivity index (χ2n) is 7.33. The summed E-state index contributed by atoms with van der Waals surface area (Å²) in [6.45, 7) is 2.51. The zero-order chi connectivity index (χ0) is 21.5. The molecule has 0 radical (unpaired) electrons. The molecule has 0 amide bonds. The van der Waals surface area contributed by atoms with Crippen molar-refractivity contribution in [2.75, 3.05) is 5.73 Å². The smallest absolute Gasteiger partial charge is 0.166 e. The predicted molar refractivity (Wildman–Crippen MR) is 112 cm³/mol. The van der Waals surface area contributed by atoms with E-state index in [4.69, 9.17) is 10.5 Å². The Morgan fingerprint density at radius 2 is 2.06 bits per heavy atom. The second kappa shape index (κ2) is 7.22. The molecule has 0 fully saturated rings. The molecule has 0 saturated heterocycles. The Bertz CT molecular complexity index is 1370. The summed E-state index contributed by atoms with van der Waals surface area (Å²) in [4.78, 5) is 13.1. The molecule has 1 aliphatic rings. The maximum absolute atomic E-state index is 14.1. The van der Waals surface area contributed by atoms with Crippen LogP contribution in [0.25, 0.3) is 22.5 Å². The van der Waals surface area contributed by atoms with E-state index in [9.17, 15) is 9.65 Å². The number of rotatable bonds is 0. The van der Waals surface area contributed by atoms with Crippen molar-refractivity contribution in [3.05, 3.63) is 77.3 Å². The molecule has 31 heavy (non-hydrogen) atoms. The summed E-state index contributed by atoms with van der Waals surface area (Å²) < 4.78 is 21.9. The van der Waals surface area contributed by atoms with E-state index in [0.717, 1.165) is 22.4 Å². The van der Waals surface area contributed by atoms with E-state index in [0.29, 0.717) is 29.1 Å². The van der Waals surface area contributed by atoms with Crippen molar-refractivity contribution in [1.29, 1.82) is 5.26 Å². The maximum Gasteiger partial charge on any atom is 0.166 e. The maximum atomic E-state index is 14.1. The third-order valence-corrected chi connectivity index (χ3v) is 5.42. The zero-order valence-electron chi connectivity index (χ0n) is 16.6. The molecule has 4 aromatic rings. The second-order valence-corrected chi connectivity index (χ2v) is 7.33. The number of anilines is 1. The highest BCUT2D eigenvalue weighted by Crippen LogP contribution is 2.34. The van der Waals surface area contributed by atoms with Gasteiger partial charge in [-0.3, -0.25) is 4.98 Å². The summed E-state index contributed by atoms with van der Waals surface area (Å²) in [6.07, 6.45) is 4.94. The van der Waals surface area contributed by atoms with Gasteiger partial charge in [0.15, 0.2) is 17.3 Å². The number of fused-ring (bicyclic) bond motifs is 7. The highest BCUT2D eigenvalue weighted by Gasteiger charge is 2.21. The molecule has 3 aromatic heterocycles. The number of halogens is 1. The van der Waals surface area contributed by atoms with Gasteiger partial charge in [-0.1, -0.05) is 0 Å². The Kier molecular flexibility index (Phi) is 4.37. The van der Waals surface area contributed by atoms with E-state index in [-0.39, 0.29) is 23.9 Å². The van der Waals surface area contributed by atoms with Gasteiger partial charge in [-0.05, 0) is 42.8 Å². The van der Waals surface area contributed by atoms with Crippen LogP contribution in [0, 0.1) is 24.1 Å². The van der Waals surface area contributed by atoms with Crippen LogP contribution < -0.4 is 10.5 Å². The van der Waals surface area contributed by atoms with Crippen molar-refractivity contribution in [2.45, 2.75) is 20.1 Å². The van der Waals surface area contributed by atoms with Crippen molar-refractivity contribution >= 4 is 5.82 Å². The molecule has 0 spiro atoms. The van der Waals surface area contributed by atoms with Gasteiger partial charge >= 0.3 is 0 Å². The normalized spacial score (nSPS) is 12.3. The summed E-state index contributed by atoms with van der Waals surface area (Å²) >= 11 is 0. The minimum atomic E-state index is -0.362. The number of aromatic nitrogens is 4. The van der Waals surface area contributed by atoms with Crippen LogP contribution in [0.15, 0.2) is 49.1 Å². The first-order valence-corrected chi connectivity index (χ1v) is 9.62. The first-order valence-electron chi connectivity index (χ1n) is 9.62. The van der Waals surface area contributed by atoms with Crippen LogP contribution in [-0.2, 0) is 13.2 Å². The highest BCUT2D eigenvalue weighted by atomic mass is 19.1. The van der Waals surface area contributed by atoms with Crippen LogP contribution in [0.3, 0.4) is 0 Å². The van der Waals surface area contributed by atoms with Crippen LogP contribution in [-0.4, -0.2) is 19.5 Å². The lowest BCUT2D eigenvalue weighted by atomic mass is 9.97. The van der Waals surface area contributed by atoms with Gasteiger partial charge < -0.3 is 15.0 Å². The van der Waals surface area contributed by atoms with Gasteiger partial charge in [0.05, 0.1) is 24.3 Å². The van der Waals surface area contributed by atoms with E-state index in [1.54, 1.807) is 30.9 Å². The molecule has 0 atom stereocenters. The Morgan fingerprint density at radius 3 is 2.90 bits per heavy atom. The molecule has 0 aliphatic carbocycles. The molecule has 5 rings (SSSR count). The third-order valence-electron chi connectivity index (χ3n) is 5.42. The fraction of sp³-hybridized carbons (Fsp3) is 0.130. The molecule has 1 aromatic carbocycles. The first-order chi connectivity index (χ1) is 15.0. The number of aryl methyl sites for hydroxylation is 1. The molecular formula is C23H17FN6O. The molecule has 1 aliphatic heterocycles. The van der Waals surface area contributed by atoms with Gasteiger partial charge in [0.1, 0.15) is 18.5 Å². The molecule has 152 valence electrons. The fourth-order valence-corrected chi connectivity index (χ4v) is 3.85. The number of nitrogens with zero attached hydrogens (tertiary/aromatic N) is 5. The Hall–Kier alpha value is -4.25. The zero-order valence-corrected chi connectivity index (χ0v) is 16.6. The van der Waals surface area contributed by atoms with Gasteiger partial charge in [-0.25, -0.2) is 14.4 Å². The highest BCUT2D eigenvalue weighted by molar-refractivity contribution is 5.71. The van der Waals surface area contributed by atoms with Crippen LogP contribution in [0.5, 0.6) is 5.75 Å². The number of ether oxygens (including phenoxy) is 1. The largest absolute Gasteiger partial charge is 0.485 e. The number of nitrogen functional groups attached to an aromatic ring is 1. The molecule has 7 nitrogen and oxygen atoms in total. The average Bonchev–Trinajstić information content (AvgIpc) is 3.17. The standard InChI is InChI=1S/C23H17FN6O/c1-13-4-5-27-21-17-3-2-16(24)6-15(17)11-31-20-7-14(9-28-23(20)26)22-19(8-25)29-12-30(22)10-18(13)21/h2-7,9,12H,10-11H2,1H3,(H2,26,28). The van der Waals surface area contributed by atoms with E-state index in [1.165, 1.54) is 12.1 Å². The summed E-state index contributed by atoms with van der Waals surface area (Å²) in [5, 5.41) is 9.61. The quantitative estimate of drug-likeness (QED) is 0.471. The van der Waals surface area contributed by atoms with Crippen molar-refractivity contribution in [3.63, 3.8) is 0 Å². The number of hydrogen-bond donors (Lipinski definition) is 1. The van der Waals surface area contributed by atoms with Crippen molar-refractivity contribution < 1.29 is 9.13 Å². The van der Waals surface area contributed by atoms with E-state index in [2.05, 4.69) is 21.0 Å². The first kappa shape index (κ1) is 18.8. The molecule has 4 heterocycles. The molecule has 8 heteroatoms. The van der Waals surface area contributed by atoms with Crippen LogP contribution in [0.4, 0.5) is 10.2 Å². The molecular weight excluding hydrogens is 395 g/mol.